The van der Waals surface area contributed by atoms with Crippen LogP contribution in [0.4, 0.5) is 4.39 Å². The van der Waals surface area contributed by atoms with Crippen molar-refractivity contribution in [1.82, 2.24) is 9.78 Å². The molecule has 1 aromatic heterocycles. The highest BCUT2D eigenvalue weighted by Gasteiger charge is 2.15. The van der Waals surface area contributed by atoms with Crippen LogP contribution >= 0.6 is 27.5 Å². The molecular weight excluding hydrogens is 308 g/mol. The summed E-state index contributed by atoms with van der Waals surface area (Å²) in [7, 11) is 1.81. The third-order valence-electron chi connectivity index (χ3n) is 2.49. The summed E-state index contributed by atoms with van der Waals surface area (Å²) in [5.41, 5.74) is 7.95. The first-order valence-electron chi connectivity index (χ1n) is 4.91. The van der Waals surface area contributed by atoms with Crippen molar-refractivity contribution in [3.05, 3.63) is 39.2 Å². The first-order chi connectivity index (χ1) is 8.04. The molecule has 2 N–H and O–H groups in total. The molecule has 0 saturated heterocycles. The molecule has 90 valence electrons. The van der Waals surface area contributed by atoms with Gasteiger partial charge in [-0.25, -0.2) is 4.39 Å². The van der Waals surface area contributed by atoms with E-state index in [2.05, 4.69) is 21.0 Å². The van der Waals surface area contributed by atoms with Gasteiger partial charge in [0.25, 0.3) is 0 Å². The van der Waals surface area contributed by atoms with E-state index in [0.717, 1.165) is 15.7 Å². The van der Waals surface area contributed by atoms with Gasteiger partial charge in [0, 0.05) is 19.2 Å². The van der Waals surface area contributed by atoms with E-state index in [4.69, 9.17) is 17.3 Å². The number of benzene rings is 1. The quantitative estimate of drug-likeness (QED) is 0.924. The van der Waals surface area contributed by atoms with Crippen molar-refractivity contribution in [2.75, 3.05) is 0 Å². The number of halogens is 3. The Morgan fingerprint density at radius 1 is 1.53 bits per heavy atom. The monoisotopic (exact) mass is 317 g/mol. The normalized spacial score (nSPS) is 10.9. The summed E-state index contributed by atoms with van der Waals surface area (Å²) in [6.07, 6.45) is 0. The van der Waals surface area contributed by atoms with Gasteiger partial charge in [0.2, 0.25) is 0 Å². The van der Waals surface area contributed by atoms with Gasteiger partial charge in [0.05, 0.1) is 15.2 Å². The number of aromatic nitrogens is 2. The van der Waals surface area contributed by atoms with Crippen LogP contribution < -0.4 is 5.73 Å². The molecule has 0 unspecified atom stereocenters. The number of hydrogen-bond acceptors (Lipinski definition) is 2. The van der Waals surface area contributed by atoms with Crippen LogP contribution in [0.5, 0.6) is 0 Å². The van der Waals surface area contributed by atoms with E-state index in [-0.39, 0.29) is 5.02 Å². The largest absolute Gasteiger partial charge is 0.325 e. The maximum Gasteiger partial charge on any atom is 0.141 e. The van der Waals surface area contributed by atoms with Crippen molar-refractivity contribution in [3.8, 4) is 11.3 Å². The zero-order valence-electron chi connectivity index (χ0n) is 9.04. The average molecular weight is 319 g/mol. The maximum absolute atomic E-state index is 13.1. The number of nitrogens with two attached hydrogens (primary N) is 1. The van der Waals surface area contributed by atoms with Gasteiger partial charge in [-0.3, -0.25) is 4.68 Å². The Bertz CT molecular complexity index is 568. The number of aryl methyl sites for hydroxylation is 1. The maximum atomic E-state index is 13.1. The standard InChI is InChI=1S/C11H10BrClFN3/c1-17-9(5-15)10(12)11(16-17)6-2-3-8(14)7(13)4-6/h2-4H,5,15H2,1H3. The number of hydrogen-bond donors (Lipinski definition) is 1. The highest BCUT2D eigenvalue weighted by molar-refractivity contribution is 9.10. The summed E-state index contributed by atoms with van der Waals surface area (Å²) in [6.45, 7) is 0.374. The molecule has 0 bridgehead atoms. The van der Waals surface area contributed by atoms with Crippen LogP contribution in [0.2, 0.25) is 5.02 Å². The van der Waals surface area contributed by atoms with Gasteiger partial charge in [0.15, 0.2) is 0 Å². The van der Waals surface area contributed by atoms with Gasteiger partial charge in [-0.2, -0.15) is 5.10 Å². The van der Waals surface area contributed by atoms with E-state index in [0.29, 0.717) is 12.2 Å². The summed E-state index contributed by atoms with van der Waals surface area (Å²) in [4.78, 5) is 0. The molecule has 3 nitrogen and oxygen atoms in total. The van der Waals surface area contributed by atoms with E-state index < -0.39 is 5.82 Å². The zero-order valence-corrected chi connectivity index (χ0v) is 11.4. The Balaban J connectivity index is 2.57. The van der Waals surface area contributed by atoms with Crippen molar-refractivity contribution < 1.29 is 4.39 Å². The topological polar surface area (TPSA) is 43.8 Å². The summed E-state index contributed by atoms with van der Waals surface area (Å²) < 4.78 is 15.6. The summed E-state index contributed by atoms with van der Waals surface area (Å²) in [6, 6.07) is 4.50. The van der Waals surface area contributed by atoms with Crippen LogP contribution in [-0.4, -0.2) is 9.78 Å². The molecule has 0 spiro atoms. The van der Waals surface area contributed by atoms with Crippen molar-refractivity contribution in [2.45, 2.75) is 6.54 Å². The fourth-order valence-corrected chi connectivity index (χ4v) is 2.49. The zero-order chi connectivity index (χ0) is 12.6. The second kappa shape index (κ2) is 4.76. The third-order valence-corrected chi connectivity index (χ3v) is 3.61. The molecule has 0 aliphatic carbocycles. The highest BCUT2D eigenvalue weighted by Crippen LogP contribution is 2.31. The second-order valence-electron chi connectivity index (χ2n) is 3.57. The highest BCUT2D eigenvalue weighted by atomic mass is 79.9. The van der Waals surface area contributed by atoms with Crippen LogP contribution in [0, 0.1) is 5.82 Å². The van der Waals surface area contributed by atoms with Gasteiger partial charge in [-0.1, -0.05) is 11.6 Å². The minimum Gasteiger partial charge on any atom is -0.325 e. The number of nitrogens with zero attached hydrogens (tertiary/aromatic N) is 2. The van der Waals surface area contributed by atoms with Crippen molar-refractivity contribution in [2.24, 2.45) is 12.8 Å². The van der Waals surface area contributed by atoms with Crippen LogP contribution in [-0.2, 0) is 13.6 Å². The lowest BCUT2D eigenvalue weighted by Crippen LogP contribution is -2.04. The Kier molecular flexibility index (Phi) is 3.51. The fraction of sp³-hybridized carbons (Fsp3) is 0.182. The lowest BCUT2D eigenvalue weighted by molar-refractivity contribution is 0.628. The van der Waals surface area contributed by atoms with Gasteiger partial charge < -0.3 is 5.73 Å². The van der Waals surface area contributed by atoms with Crippen molar-refractivity contribution >= 4 is 27.5 Å². The molecule has 1 heterocycles. The van der Waals surface area contributed by atoms with Crippen molar-refractivity contribution in [3.63, 3.8) is 0 Å². The minimum absolute atomic E-state index is 0.0781. The average Bonchev–Trinajstić information content (AvgIpc) is 2.58. The lowest BCUT2D eigenvalue weighted by Gasteiger charge is -2.00. The smallest absolute Gasteiger partial charge is 0.141 e. The molecule has 1 aromatic carbocycles. The number of rotatable bonds is 2. The third kappa shape index (κ3) is 2.22. The van der Waals surface area contributed by atoms with Crippen LogP contribution in [0.1, 0.15) is 5.69 Å². The first kappa shape index (κ1) is 12.5. The predicted octanol–water partition coefficient (Wildman–Crippen LogP) is 3.10. The van der Waals surface area contributed by atoms with Gasteiger partial charge in [0.1, 0.15) is 11.5 Å². The van der Waals surface area contributed by atoms with Crippen LogP contribution in [0.3, 0.4) is 0 Å². The second-order valence-corrected chi connectivity index (χ2v) is 4.77. The lowest BCUT2D eigenvalue weighted by atomic mass is 10.1. The first-order valence-corrected chi connectivity index (χ1v) is 6.08. The molecule has 0 saturated carbocycles. The molecule has 2 rings (SSSR count). The summed E-state index contributed by atoms with van der Waals surface area (Å²) >= 11 is 9.19. The summed E-state index contributed by atoms with van der Waals surface area (Å²) in [5.74, 6) is -0.443. The van der Waals surface area contributed by atoms with Gasteiger partial charge in [-0.15, -0.1) is 0 Å². The Labute approximate surface area is 112 Å². The van der Waals surface area contributed by atoms with Crippen LogP contribution in [0.25, 0.3) is 11.3 Å². The fourth-order valence-electron chi connectivity index (χ4n) is 1.58. The van der Waals surface area contributed by atoms with E-state index >= 15 is 0 Å². The Morgan fingerprint density at radius 3 is 2.76 bits per heavy atom. The predicted molar refractivity (Wildman–Crippen MR) is 69.2 cm³/mol. The van der Waals surface area contributed by atoms with E-state index in [9.17, 15) is 4.39 Å². The van der Waals surface area contributed by atoms with Crippen molar-refractivity contribution in [1.29, 1.82) is 0 Å². The molecule has 2 aromatic rings. The molecule has 0 atom stereocenters. The Morgan fingerprint density at radius 2 is 2.24 bits per heavy atom. The van der Waals surface area contributed by atoms with E-state index in [1.165, 1.54) is 6.07 Å². The van der Waals surface area contributed by atoms with Crippen LogP contribution in [0.15, 0.2) is 22.7 Å². The molecule has 0 aliphatic rings. The van der Waals surface area contributed by atoms with Gasteiger partial charge in [-0.05, 0) is 34.1 Å². The molecule has 0 fully saturated rings. The molecule has 0 radical (unpaired) electrons. The summed E-state index contributed by atoms with van der Waals surface area (Å²) in [5, 5.41) is 4.41. The molecule has 17 heavy (non-hydrogen) atoms. The van der Waals surface area contributed by atoms with Gasteiger partial charge >= 0.3 is 0 Å². The minimum atomic E-state index is -0.443. The Hall–Kier alpha value is -0.910. The van der Waals surface area contributed by atoms with E-state index in [1.54, 1.807) is 16.8 Å². The van der Waals surface area contributed by atoms with E-state index in [1.807, 2.05) is 7.05 Å². The molecular formula is C11H10BrClFN3. The molecule has 0 amide bonds. The molecule has 6 heteroatoms. The molecule has 0 aliphatic heterocycles. The SMILES string of the molecule is Cn1nc(-c2ccc(F)c(Cl)c2)c(Br)c1CN.